The molecular weight excluding hydrogens is 318 g/mol. The topological polar surface area (TPSA) is 75.5 Å². The summed E-state index contributed by atoms with van der Waals surface area (Å²) in [6.07, 6.45) is 7.28. The van der Waals surface area contributed by atoms with Crippen molar-refractivity contribution in [3.63, 3.8) is 0 Å². The Balaban J connectivity index is 1.60. The molecule has 1 aromatic rings. The molecule has 2 fully saturated rings. The lowest BCUT2D eigenvalue weighted by Crippen LogP contribution is -2.42. The summed E-state index contributed by atoms with van der Waals surface area (Å²) in [5.74, 6) is 0.278. The molecule has 2 aliphatic rings. The number of amides is 1. The Morgan fingerprint density at radius 2 is 2.16 bits per heavy atom. The lowest BCUT2D eigenvalue weighted by Gasteiger charge is -2.34. The van der Waals surface area contributed by atoms with Crippen molar-refractivity contribution in [1.82, 2.24) is 14.9 Å². The summed E-state index contributed by atoms with van der Waals surface area (Å²) in [6.45, 7) is 4.42. The summed E-state index contributed by atoms with van der Waals surface area (Å²) in [6, 6.07) is 1.99. The zero-order chi connectivity index (χ0) is 17.7. The first kappa shape index (κ1) is 18.3. The van der Waals surface area contributed by atoms with E-state index in [-0.39, 0.29) is 18.2 Å². The minimum absolute atomic E-state index is 0.0544. The van der Waals surface area contributed by atoms with Gasteiger partial charge in [-0.1, -0.05) is 19.3 Å². The van der Waals surface area contributed by atoms with E-state index >= 15 is 0 Å². The average molecular weight is 347 g/mol. The van der Waals surface area contributed by atoms with Gasteiger partial charge in [-0.3, -0.25) is 4.79 Å². The molecule has 0 aromatic carbocycles. The van der Waals surface area contributed by atoms with Crippen molar-refractivity contribution in [2.24, 2.45) is 5.92 Å². The maximum absolute atomic E-state index is 12.8. The smallest absolute Gasteiger partial charge is 0.225 e. The molecule has 6 heteroatoms. The number of nitrogens with zero attached hydrogens (tertiary/aromatic N) is 3. The summed E-state index contributed by atoms with van der Waals surface area (Å²) in [5.41, 5.74) is 1.13. The van der Waals surface area contributed by atoms with Gasteiger partial charge in [-0.05, 0) is 32.3 Å². The van der Waals surface area contributed by atoms with Crippen LogP contribution in [-0.2, 0) is 16.0 Å². The molecule has 1 aliphatic heterocycles. The van der Waals surface area contributed by atoms with Gasteiger partial charge in [0.25, 0.3) is 0 Å². The van der Waals surface area contributed by atoms with Crippen LogP contribution in [-0.4, -0.2) is 57.8 Å². The lowest BCUT2D eigenvalue weighted by molar-refractivity contribution is -0.138. The zero-order valence-corrected chi connectivity index (χ0v) is 15.1. The molecule has 1 saturated carbocycles. The van der Waals surface area contributed by atoms with Gasteiger partial charge >= 0.3 is 0 Å². The molecule has 0 unspecified atom stereocenters. The zero-order valence-electron chi connectivity index (χ0n) is 15.1. The fourth-order valence-electron chi connectivity index (χ4n) is 3.93. The van der Waals surface area contributed by atoms with E-state index in [1.54, 1.807) is 6.33 Å². The maximum atomic E-state index is 12.8. The largest absolute Gasteiger partial charge is 0.389 e. The van der Waals surface area contributed by atoms with Gasteiger partial charge in [0.15, 0.2) is 0 Å². The third-order valence-electron chi connectivity index (χ3n) is 5.31. The number of carbonyl (C=O) groups excluding carboxylic acids is 1. The van der Waals surface area contributed by atoms with Crippen molar-refractivity contribution in [2.45, 2.75) is 57.5 Å². The van der Waals surface area contributed by atoms with Gasteiger partial charge in [0.05, 0.1) is 25.2 Å². The summed E-state index contributed by atoms with van der Waals surface area (Å²) in [4.78, 5) is 23.1. The standard InChI is InChI=1S/C19H29N3O3/c1-15-9-17(21-14-20-15)10-16-12-22(7-8-25-13-16)18(23)11-19(24)5-3-2-4-6-19/h9,14,16,24H,2-8,10-13H2,1H3/t16-/m1/s1. The molecule has 3 rings (SSSR count). The highest BCUT2D eigenvalue weighted by Crippen LogP contribution is 2.31. The number of hydrogen-bond acceptors (Lipinski definition) is 5. The lowest BCUT2D eigenvalue weighted by atomic mass is 9.82. The van der Waals surface area contributed by atoms with E-state index in [4.69, 9.17) is 4.74 Å². The molecule has 0 spiro atoms. The summed E-state index contributed by atoms with van der Waals surface area (Å²) in [5, 5.41) is 10.7. The predicted molar refractivity (Wildman–Crippen MR) is 94.0 cm³/mol. The summed E-state index contributed by atoms with van der Waals surface area (Å²) in [7, 11) is 0. The molecule has 0 bridgehead atoms. The molecule has 1 atom stereocenters. The number of aliphatic hydroxyl groups is 1. The molecule has 2 heterocycles. The van der Waals surface area contributed by atoms with Crippen LogP contribution in [0, 0.1) is 12.8 Å². The fourth-order valence-corrected chi connectivity index (χ4v) is 3.93. The highest BCUT2D eigenvalue weighted by atomic mass is 16.5. The Morgan fingerprint density at radius 3 is 2.92 bits per heavy atom. The molecule has 0 radical (unpaired) electrons. The second-order valence-electron chi connectivity index (χ2n) is 7.60. The molecule has 1 amide bonds. The van der Waals surface area contributed by atoms with Crippen LogP contribution >= 0.6 is 0 Å². The Kier molecular flexibility index (Phi) is 6.02. The number of aryl methyl sites for hydroxylation is 1. The molecule has 1 aliphatic carbocycles. The van der Waals surface area contributed by atoms with Crippen molar-refractivity contribution in [3.8, 4) is 0 Å². The van der Waals surface area contributed by atoms with Crippen LogP contribution in [0.25, 0.3) is 0 Å². The third-order valence-corrected chi connectivity index (χ3v) is 5.31. The SMILES string of the molecule is Cc1cc(C[C@H]2COCCN(C(=O)CC3(O)CCCCC3)C2)ncn1. The van der Waals surface area contributed by atoms with Gasteiger partial charge in [-0.25, -0.2) is 9.97 Å². The number of carbonyl (C=O) groups is 1. The van der Waals surface area contributed by atoms with Crippen molar-refractivity contribution in [3.05, 3.63) is 23.8 Å². The highest BCUT2D eigenvalue weighted by Gasteiger charge is 2.34. The Bertz CT molecular complexity index is 587. The second kappa shape index (κ2) is 8.23. The van der Waals surface area contributed by atoms with Crippen molar-refractivity contribution in [2.75, 3.05) is 26.3 Å². The van der Waals surface area contributed by atoms with Gasteiger partial charge in [-0.15, -0.1) is 0 Å². The summed E-state index contributed by atoms with van der Waals surface area (Å²) >= 11 is 0. The molecule has 1 saturated heterocycles. The van der Waals surface area contributed by atoms with E-state index in [1.807, 2.05) is 17.9 Å². The third kappa shape index (κ3) is 5.22. The first-order valence-electron chi connectivity index (χ1n) is 9.39. The first-order chi connectivity index (χ1) is 12.0. The van der Waals surface area contributed by atoms with Crippen molar-refractivity contribution < 1.29 is 14.6 Å². The van der Waals surface area contributed by atoms with E-state index in [1.165, 1.54) is 0 Å². The van der Waals surface area contributed by atoms with E-state index in [0.29, 0.717) is 26.3 Å². The monoisotopic (exact) mass is 347 g/mol. The highest BCUT2D eigenvalue weighted by molar-refractivity contribution is 5.77. The van der Waals surface area contributed by atoms with Crippen LogP contribution in [0.1, 0.15) is 49.9 Å². The minimum Gasteiger partial charge on any atom is -0.389 e. The van der Waals surface area contributed by atoms with Crippen LogP contribution in [0.15, 0.2) is 12.4 Å². The number of hydrogen-bond donors (Lipinski definition) is 1. The van der Waals surface area contributed by atoms with E-state index < -0.39 is 5.60 Å². The van der Waals surface area contributed by atoms with Crippen LogP contribution < -0.4 is 0 Å². The Morgan fingerprint density at radius 1 is 1.36 bits per heavy atom. The van der Waals surface area contributed by atoms with Gasteiger partial charge < -0.3 is 14.7 Å². The average Bonchev–Trinajstić information content (AvgIpc) is 2.81. The second-order valence-corrected chi connectivity index (χ2v) is 7.60. The van der Waals surface area contributed by atoms with Crippen LogP contribution in [0.3, 0.4) is 0 Å². The van der Waals surface area contributed by atoms with Crippen molar-refractivity contribution in [1.29, 1.82) is 0 Å². The molecule has 1 N–H and O–H groups in total. The van der Waals surface area contributed by atoms with E-state index in [9.17, 15) is 9.90 Å². The Hall–Kier alpha value is -1.53. The van der Waals surface area contributed by atoms with E-state index in [2.05, 4.69) is 9.97 Å². The van der Waals surface area contributed by atoms with Crippen molar-refractivity contribution >= 4 is 5.91 Å². The number of aromatic nitrogens is 2. The predicted octanol–water partition coefficient (Wildman–Crippen LogP) is 1.89. The molecule has 138 valence electrons. The molecular formula is C19H29N3O3. The Labute approximate surface area is 149 Å². The number of rotatable bonds is 4. The maximum Gasteiger partial charge on any atom is 0.225 e. The first-order valence-corrected chi connectivity index (χ1v) is 9.39. The van der Waals surface area contributed by atoms with Gasteiger partial charge in [0, 0.05) is 30.4 Å². The van der Waals surface area contributed by atoms with Gasteiger partial charge in [0.1, 0.15) is 6.33 Å². The van der Waals surface area contributed by atoms with Crippen LogP contribution in [0.5, 0.6) is 0 Å². The van der Waals surface area contributed by atoms with Crippen LogP contribution in [0.4, 0.5) is 0 Å². The van der Waals surface area contributed by atoms with Gasteiger partial charge in [-0.2, -0.15) is 0 Å². The fraction of sp³-hybridized carbons (Fsp3) is 0.737. The minimum atomic E-state index is -0.804. The number of ether oxygens (including phenoxy) is 1. The summed E-state index contributed by atoms with van der Waals surface area (Å²) < 4.78 is 5.71. The van der Waals surface area contributed by atoms with E-state index in [0.717, 1.165) is 49.9 Å². The normalized spacial score (nSPS) is 23.9. The van der Waals surface area contributed by atoms with Crippen LogP contribution in [0.2, 0.25) is 0 Å². The molecule has 6 nitrogen and oxygen atoms in total. The molecule has 25 heavy (non-hydrogen) atoms. The molecule has 1 aromatic heterocycles. The quantitative estimate of drug-likeness (QED) is 0.900. The van der Waals surface area contributed by atoms with Gasteiger partial charge in [0.2, 0.25) is 5.91 Å².